The molecular weight excluding hydrogens is 304 g/mol. The SMILES string of the molecule is CCC(NC(=O)c1cnn(C)c1N)c1ccc2c(c1)CC(C)(C)O2. The maximum Gasteiger partial charge on any atom is 0.257 e. The van der Waals surface area contributed by atoms with Gasteiger partial charge in [0.25, 0.3) is 5.91 Å². The molecule has 1 amide bonds. The van der Waals surface area contributed by atoms with Crippen molar-refractivity contribution >= 4 is 11.7 Å². The van der Waals surface area contributed by atoms with E-state index in [9.17, 15) is 4.79 Å². The van der Waals surface area contributed by atoms with Gasteiger partial charge in [0.15, 0.2) is 0 Å². The summed E-state index contributed by atoms with van der Waals surface area (Å²) in [6, 6.07) is 6.06. The monoisotopic (exact) mass is 328 g/mol. The molecule has 0 radical (unpaired) electrons. The quantitative estimate of drug-likeness (QED) is 0.904. The number of ether oxygens (including phenoxy) is 1. The van der Waals surface area contributed by atoms with E-state index in [1.165, 1.54) is 16.4 Å². The largest absolute Gasteiger partial charge is 0.487 e. The number of fused-ring (bicyclic) bond motifs is 1. The number of rotatable bonds is 4. The molecule has 1 aliphatic heterocycles. The van der Waals surface area contributed by atoms with Crippen molar-refractivity contribution < 1.29 is 9.53 Å². The summed E-state index contributed by atoms with van der Waals surface area (Å²) in [5, 5.41) is 7.07. The lowest BCUT2D eigenvalue weighted by Gasteiger charge is -2.18. The molecule has 0 fully saturated rings. The van der Waals surface area contributed by atoms with Crippen LogP contribution in [0, 0.1) is 0 Å². The van der Waals surface area contributed by atoms with E-state index in [1.807, 2.05) is 19.1 Å². The molecule has 1 atom stereocenters. The smallest absolute Gasteiger partial charge is 0.257 e. The Morgan fingerprint density at radius 1 is 1.50 bits per heavy atom. The van der Waals surface area contributed by atoms with Crippen LogP contribution in [0.5, 0.6) is 5.75 Å². The fourth-order valence-electron chi connectivity index (χ4n) is 3.13. The molecule has 1 aromatic carbocycles. The first kappa shape index (κ1) is 16.4. The number of anilines is 1. The van der Waals surface area contributed by atoms with Crippen LogP contribution in [0.25, 0.3) is 0 Å². The number of carbonyl (C=O) groups is 1. The fourth-order valence-corrected chi connectivity index (χ4v) is 3.13. The molecule has 3 rings (SSSR count). The predicted molar refractivity (Wildman–Crippen MR) is 93.0 cm³/mol. The third kappa shape index (κ3) is 2.96. The van der Waals surface area contributed by atoms with Gasteiger partial charge >= 0.3 is 0 Å². The molecule has 0 aliphatic carbocycles. The van der Waals surface area contributed by atoms with Gasteiger partial charge in [0.1, 0.15) is 22.7 Å². The first-order chi connectivity index (χ1) is 11.3. The molecule has 6 heteroatoms. The highest BCUT2D eigenvalue weighted by Gasteiger charge is 2.30. The second-order valence-electron chi connectivity index (χ2n) is 6.91. The number of amides is 1. The number of benzene rings is 1. The Kier molecular flexibility index (Phi) is 3.99. The van der Waals surface area contributed by atoms with E-state index in [1.54, 1.807) is 7.05 Å². The molecule has 6 nitrogen and oxygen atoms in total. The van der Waals surface area contributed by atoms with E-state index in [-0.39, 0.29) is 17.6 Å². The molecule has 1 unspecified atom stereocenters. The number of nitrogens with two attached hydrogens (primary N) is 1. The number of aryl methyl sites for hydroxylation is 1. The highest BCUT2D eigenvalue weighted by atomic mass is 16.5. The van der Waals surface area contributed by atoms with E-state index < -0.39 is 0 Å². The average Bonchev–Trinajstić information content (AvgIpc) is 3.02. The molecule has 0 spiro atoms. The molecule has 0 saturated carbocycles. The summed E-state index contributed by atoms with van der Waals surface area (Å²) in [6.45, 7) is 6.21. The van der Waals surface area contributed by atoms with Gasteiger partial charge in [-0.25, -0.2) is 0 Å². The lowest BCUT2D eigenvalue weighted by Crippen LogP contribution is -2.28. The number of nitrogen functional groups attached to an aromatic ring is 1. The lowest BCUT2D eigenvalue weighted by atomic mass is 9.97. The molecule has 1 aromatic heterocycles. The van der Waals surface area contributed by atoms with Gasteiger partial charge in [0, 0.05) is 13.5 Å². The van der Waals surface area contributed by atoms with E-state index >= 15 is 0 Å². The van der Waals surface area contributed by atoms with E-state index in [2.05, 4.69) is 30.3 Å². The Morgan fingerprint density at radius 2 is 2.25 bits per heavy atom. The molecule has 0 saturated heterocycles. The number of hydrogen-bond donors (Lipinski definition) is 2. The second-order valence-corrected chi connectivity index (χ2v) is 6.91. The first-order valence-corrected chi connectivity index (χ1v) is 8.21. The van der Waals surface area contributed by atoms with Crippen molar-refractivity contribution in [2.24, 2.45) is 7.05 Å². The number of aromatic nitrogens is 2. The number of carbonyl (C=O) groups excluding carboxylic acids is 1. The summed E-state index contributed by atoms with van der Waals surface area (Å²) in [7, 11) is 1.71. The van der Waals surface area contributed by atoms with Gasteiger partial charge in [-0.05, 0) is 43.5 Å². The van der Waals surface area contributed by atoms with Gasteiger partial charge in [-0.1, -0.05) is 13.0 Å². The van der Waals surface area contributed by atoms with Crippen molar-refractivity contribution in [2.45, 2.75) is 45.3 Å². The van der Waals surface area contributed by atoms with Crippen molar-refractivity contribution in [3.05, 3.63) is 41.1 Å². The van der Waals surface area contributed by atoms with E-state index in [4.69, 9.17) is 10.5 Å². The van der Waals surface area contributed by atoms with E-state index in [0.29, 0.717) is 11.4 Å². The van der Waals surface area contributed by atoms with Crippen LogP contribution in [0.1, 0.15) is 54.7 Å². The Morgan fingerprint density at radius 3 is 2.88 bits per heavy atom. The Balaban J connectivity index is 1.80. The van der Waals surface area contributed by atoms with Crippen LogP contribution in [0.15, 0.2) is 24.4 Å². The summed E-state index contributed by atoms with van der Waals surface area (Å²) in [4.78, 5) is 12.5. The van der Waals surface area contributed by atoms with Gasteiger partial charge in [-0.15, -0.1) is 0 Å². The summed E-state index contributed by atoms with van der Waals surface area (Å²) in [6.07, 6.45) is 3.15. The maximum atomic E-state index is 12.5. The molecule has 2 heterocycles. The molecule has 128 valence electrons. The zero-order valence-corrected chi connectivity index (χ0v) is 14.6. The van der Waals surface area contributed by atoms with Gasteiger partial charge in [0.2, 0.25) is 0 Å². The molecular formula is C18H24N4O2. The topological polar surface area (TPSA) is 82.2 Å². The van der Waals surface area contributed by atoms with Crippen molar-refractivity contribution in [2.75, 3.05) is 5.73 Å². The van der Waals surface area contributed by atoms with Crippen molar-refractivity contribution in [3.8, 4) is 5.75 Å². The highest BCUT2D eigenvalue weighted by Crippen LogP contribution is 2.36. The second kappa shape index (κ2) is 5.85. The van der Waals surface area contributed by atoms with Crippen LogP contribution < -0.4 is 15.8 Å². The zero-order chi connectivity index (χ0) is 17.5. The highest BCUT2D eigenvalue weighted by molar-refractivity contribution is 5.98. The summed E-state index contributed by atoms with van der Waals surface area (Å²) < 4.78 is 7.41. The van der Waals surface area contributed by atoms with Crippen LogP contribution in [-0.2, 0) is 13.5 Å². The lowest BCUT2D eigenvalue weighted by molar-refractivity contribution is 0.0936. The minimum absolute atomic E-state index is 0.0777. The van der Waals surface area contributed by atoms with E-state index in [0.717, 1.165) is 24.2 Å². The van der Waals surface area contributed by atoms with Crippen LogP contribution in [0.2, 0.25) is 0 Å². The van der Waals surface area contributed by atoms with Gasteiger partial charge < -0.3 is 15.8 Å². The number of hydrogen-bond acceptors (Lipinski definition) is 4. The third-order valence-electron chi connectivity index (χ3n) is 4.43. The molecule has 3 N–H and O–H groups in total. The standard InChI is InChI=1S/C18H24N4O2/c1-5-14(21-17(23)13-10-20-22(4)16(13)19)11-6-7-15-12(8-11)9-18(2,3)24-15/h6-8,10,14H,5,9,19H2,1-4H3,(H,21,23). The maximum absolute atomic E-state index is 12.5. The predicted octanol–water partition coefficient (Wildman–Crippen LogP) is 2.60. The van der Waals surface area contributed by atoms with Crippen molar-refractivity contribution in [1.29, 1.82) is 0 Å². The third-order valence-corrected chi connectivity index (χ3v) is 4.43. The number of nitrogens with one attached hydrogen (secondary N) is 1. The minimum atomic E-state index is -0.204. The average molecular weight is 328 g/mol. The van der Waals surface area contributed by atoms with Crippen LogP contribution >= 0.6 is 0 Å². The Hall–Kier alpha value is -2.50. The summed E-state index contributed by atoms with van der Waals surface area (Å²) in [5.74, 6) is 1.09. The van der Waals surface area contributed by atoms with Gasteiger partial charge in [-0.3, -0.25) is 9.48 Å². The fraction of sp³-hybridized carbons (Fsp3) is 0.444. The molecule has 1 aliphatic rings. The Bertz CT molecular complexity index is 779. The van der Waals surface area contributed by atoms with Gasteiger partial charge in [-0.2, -0.15) is 5.10 Å². The van der Waals surface area contributed by atoms with Crippen LogP contribution in [0.3, 0.4) is 0 Å². The molecule has 0 bridgehead atoms. The number of nitrogens with zero attached hydrogens (tertiary/aromatic N) is 2. The minimum Gasteiger partial charge on any atom is -0.487 e. The summed E-state index contributed by atoms with van der Waals surface area (Å²) in [5.41, 5.74) is 8.38. The normalized spacial score (nSPS) is 16.3. The zero-order valence-electron chi connectivity index (χ0n) is 14.6. The Labute approximate surface area is 142 Å². The van der Waals surface area contributed by atoms with Crippen molar-refractivity contribution in [3.63, 3.8) is 0 Å². The van der Waals surface area contributed by atoms with Crippen LogP contribution in [0.4, 0.5) is 5.82 Å². The molecule has 2 aromatic rings. The first-order valence-electron chi connectivity index (χ1n) is 8.21. The molecule has 24 heavy (non-hydrogen) atoms. The summed E-state index contributed by atoms with van der Waals surface area (Å²) >= 11 is 0. The van der Waals surface area contributed by atoms with Crippen LogP contribution in [-0.4, -0.2) is 21.3 Å². The van der Waals surface area contributed by atoms with Crippen molar-refractivity contribution in [1.82, 2.24) is 15.1 Å². The van der Waals surface area contributed by atoms with Gasteiger partial charge in [0.05, 0.1) is 12.2 Å².